The number of ether oxygens (including phenoxy) is 1. The molecular formula is C45H50N8O4. The minimum Gasteiger partial charge on any atom is -0.483 e. The first-order valence-corrected chi connectivity index (χ1v) is 19.7. The first-order valence-electron chi connectivity index (χ1n) is 19.7. The summed E-state index contributed by atoms with van der Waals surface area (Å²) in [6.07, 6.45) is 7.46. The van der Waals surface area contributed by atoms with E-state index >= 15 is 0 Å². The maximum Gasteiger partial charge on any atom is 0.236 e. The Hall–Kier alpha value is -6.06. The van der Waals surface area contributed by atoms with Crippen molar-refractivity contribution in [2.24, 2.45) is 0 Å². The van der Waals surface area contributed by atoms with Crippen LogP contribution in [0.15, 0.2) is 85.3 Å². The molecule has 12 heteroatoms. The van der Waals surface area contributed by atoms with Gasteiger partial charge in [-0.2, -0.15) is 10.4 Å². The number of piperazine rings is 1. The Morgan fingerprint density at radius 3 is 2.19 bits per heavy atom. The van der Waals surface area contributed by atoms with E-state index in [9.17, 15) is 19.6 Å². The molecule has 0 radical (unpaired) electrons. The van der Waals surface area contributed by atoms with Crippen molar-refractivity contribution in [3.05, 3.63) is 96.4 Å². The second-order valence-electron chi connectivity index (χ2n) is 15.4. The lowest BCUT2D eigenvalue weighted by atomic mass is 9.89. The maximum atomic E-state index is 13.4. The van der Waals surface area contributed by atoms with E-state index in [1.54, 1.807) is 10.7 Å². The molecule has 57 heavy (non-hydrogen) atoms. The second-order valence-corrected chi connectivity index (χ2v) is 15.4. The number of piperidine rings is 1. The van der Waals surface area contributed by atoms with Gasteiger partial charge in [-0.05, 0) is 106 Å². The molecule has 294 valence electrons. The highest BCUT2D eigenvalue weighted by Crippen LogP contribution is 2.34. The zero-order valence-corrected chi connectivity index (χ0v) is 33.2. The molecule has 0 N–H and O–H groups in total. The maximum absolute atomic E-state index is 13.4. The molecule has 7 rings (SSSR count). The van der Waals surface area contributed by atoms with Gasteiger partial charge in [0.25, 0.3) is 0 Å². The minimum atomic E-state index is -0.613. The molecule has 1 unspecified atom stereocenters. The molecule has 0 bridgehead atoms. The van der Waals surface area contributed by atoms with Crippen LogP contribution in [0.4, 0.5) is 11.5 Å². The number of Topliss-reactive ketones (excluding diaryl/α,β-unsaturated/α-hetero) is 2. The zero-order valence-electron chi connectivity index (χ0n) is 33.2. The predicted molar refractivity (Wildman–Crippen MR) is 222 cm³/mol. The van der Waals surface area contributed by atoms with Gasteiger partial charge in [0.2, 0.25) is 5.91 Å². The molecule has 2 aliphatic heterocycles. The summed E-state index contributed by atoms with van der Waals surface area (Å²) in [4.78, 5) is 50.0. The summed E-state index contributed by atoms with van der Waals surface area (Å²) in [5.41, 5.74) is 7.47. The van der Waals surface area contributed by atoms with E-state index < -0.39 is 6.10 Å². The van der Waals surface area contributed by atoms with Gasteiger partial charge in [0.15, 0.2) is 11.9 Å². The SMILES string of the molecule is CC(=O)CCC(Oc1ccc(C2CCN(CC(=O)N3CCN(c4ccc(-c5cc(-c6ccc(N(C)C)nc6)c6c(C#N)cnn6c5)cc4)CC3)CC2)cc1)C(C)=O. The third kappa shape index (κ3) is 9.16. The molecule has 0 spiro atoms. The van der Waals surface area contributed by atoms with Crippen LogP contribution in [0, 0.1) is 11.3 Å². The number of ketones is 2. The van der Waals surface area contributed by atoms with Crippen LogP contribution in [-0.4, -0.2) is 108 Å². The van der Waals surface area contributed by atoms with Gasteiger partial charge in [-0.15, -0.1) is 0 Å². The molecule has 2 aromatic carbocycles. The number of rotatable bonds is 13. The quantitative estimate of drug-likeness (QED) is 0.136. The summed E-state index contributed by atoms with van der Waals surface area (Å²) in [7, 11) is 3.91. The van der Waals surface area contributed by atoms with Gasteiger partial charge < -0.3 is 24.2 Å². The Labute approximate surface area is 334 Å². The third-order valence-corrected chi connectivity index (χ3v) is 11.2. The van der Waals surface area contributed by atoms with Crippen molar-refractivity contribution in [3.8, 4) is 34.1 Å². The fourth-order valence-corrected chi connectivity index (χ4v) is 7.85. The number of benzene rings is 2. The molecule has 1 atom stereocenters. The van der Waals surface area contributed by atoms with Gasteiger partial charge in [-0.1, -0.05) is 24.3 Å². The lowest BCUT2D eigenvalue weighted by molar-refractivity contribution is -0.133. The number of hydrogen-bond acceptors (Lipinski definition) is 10. The van der Waals surface area contributed by atoms with Crippen LogP contribution in [0.2, 0.25) is 0 Å². The number of anilines is 2. The van der Waals surface area contributed by atoms with Gasteiger partial charge in [0, 0.05) is 81.5 Å². The fraction of sp³-hybridized carbons (Fsp3) is 0.378. The second kappa shape index (κ2) is 17.4. The van der Waals surface area contributed by atoms with Crippen molar-refractivity contribution in [2.45, 2.75) is 51.6 Å². The standard InChI is InChI=1S/C45H50N8O4/c1-31(54)5-15-42(32(2)55)57-40-13-8-33(9-14-40)35-17-19-50(20-18-35)30-44(56)52-23-21-51(22-24-52)39-11-6-34(7-12-39)37-25-41(36-10-16-43(47-27-36)49(3)4)45-38(26-46)28-48-53(45)29-37/h6-14,16,25,27-29,35,42H,5,15,17-24,30H2,1-4H3. The number of nitrogens with zero attached hydrogens (tertiary/aromatic N) is 8. The molecule has 2 saturated heterocycles. The summed E-state index contributed by atoms with van der Waals surface area (Å²) in [5, 5.41) is 14.3. The first-order chi connectivity index (χ1) is 27.6. The molecule has 5 aromatic rings. The number of hydrogen-bond donors (Lipinski definition) is 0. The Kier molecular flexibility index (Phi) is 12.0. The monoisotopic (exact) mass is 766 g/mol. The van der Waals surface area contributed by atoms with Gasteiger partial charge in [0.1, 0.15) is 23.4 Å². The van der Waals surface area contributed by atoms with Gasteiger partial charge in [0.05, 0.1) is 23.8 Å². The number of fused-ring (bicyclic) bond motifs is 1. The van der Waals surface area contributed by atoms with E-state index in [2.05, 4.69) is 68.4 Å². The Morgan fingerprint density at radius 2 is 1.58 bits per heavy atom. The normalized spacial score (nSPS) is 15.6. The lowest BCUT2D eigenvalue weighted by Gasteiger charge is -2.38. The molecular weight excluding hydrogens is 717 g/mol. The highest BCUT2D eigenvalue weighted by Gasteiger charge is 2.27. The van der Waals surface area contributed by atoms with E-state index in [4.69, 9.17) is 4.74 Å². The van der Waals surface area contributed by atoms with Crippen LogP contribution in [0.3, 0.4) is 0 Å². The summed E-state index contributed by atoms with van der Waals surface area (Å²) < 4.78 is 7.69. The van der Waals surface area contributed by atoms with Crippen molar-refractivity contribution in [1.82, 2.24) is 24.4 Å². The molecule has 1 amide bonds. The minimum absolute atomic E-state index is 0.0463. The molecule has 12 nitrogen and oxygen atoms in total. The predicted octanol–water partition coefficient (Wildman–Crippen LogP) is 6.23. The van der Waals surface area contributed by atoms with Gasteiger partial charge in [-0.25, -0.2) is 9.50 Å². The topological polar surface area (TPSA) is 127 Å². The molecule has 2 fully saturated rings. The Balaban J connectivity index is 0.906. The largest absolute Gasteiger partial charge is 0.483 e. The summed E-state index contributed by atoms with van der Waals surface area (Å²) >= 11 is 0. The van der Waals surface area contributed by atoms with Crippen molar-refractivity contribution < 1.29 is 19.1 Å². The van der Waals surface area contributed by atoms with Crippen LogP contribution in [0.5, 0.6) is 5.75 Å². The van der Waals surface area contributed by atoms with Crippen molar-refractivity contribution >= 4 is 34.5 Å². The van der Waals surface area contributed by atoms with E-state index in [1.807, 2.05) is 60.6 Å². The van der Waals surface area contributed by atoms with Gasteiger partial charge in [-0.3, -0.25) is 14.5 Å². The number of carbonyl (C=O) groups excluding carboxylic acids is 3. The molecule has 2 aliphatic rings. The lowest BCUT2D eigenvalue weighted by Crippen LogP contribution is -2.51. The number of nitriles is 1. The van der Waals surface area contributed by atoms with E-state index in [-0.39, 0.29) is 17.5 Å². The van der Waals surface area contributed by atoms with Crippen LogP contribution in [-0.2, 0) is 14.4 Å². The average Bonchev–Trinajstić information content (AvgIpc) is 3.66. The zero-order chi connectivity index (χ0) is 40.1. The molecule has 5 heterocycles. The number of pyridine rings is 2. The Morgan fingerprint density at radius 1 is 0.877 bits per heavy atom. The summed E-state index contributed by atoms with van der Waals surface area (Å²) in [6.45, 7) is 8.11. The number of likely N-dealkylation sites (tertiary alicyclic amines) is 1. The van der Waals surface area contributed by atoms with E-state index in [0.717, 1.165) is 78.3 Å². The van der Waals surface area contributed by atoms with E-state index in [1.165, 1.54) is 19.4 Å². The van der Waals surface area contributed by atoms with Crippen LogP contribution in [0.1, 0.15) is 56.6 Å². The van der Waals surface area contributed by atoms with Crippen LogP contribution >= 0.6 is 0 Å². The highest BCUT2D eigenvalue weighted by molar-refractivity contribution is 5.88. The smallest absolute Gasteiger partial charge is 0.236 e. The molecule has 3 aromatic heterocycles. The van der Waals surface area contributed by atoms with Crippen molar-refractivity contribution in [3.63, 3.8) is 0 Å². The summed E-state index contributed by atoms with van der Waals surface area (Å²) in [6, 6.07) is 24.9. The first kappa shape index (κ1) is 39.2. The molecule has 0 saturated carbocycles. The number of amides is 1. The number of aromatic nitrogens is 3. The average molecular weight is 767 g/mol. The van der Waals surface area contributed by atoms with Crippen LogP contribution < -0.4 is 14.5 Å². The van der Waals surface area contributed by atoms with Gasteiger partial charge >= 0.3 is 0 Å². The molecule has 0 aliphatic carbocycles. The fourth-order valence-electron chi connectivity index (χ4n) is 7.85. The number of carbonyl (C=O) groups is 3. The van der Waals surface area contributed by atoms with Crippen molar-refractivity contribution in [1.29, 1.82) is 5.26 Å². The van der Waals surface area contributed by atoms with Crippen molar-refractivity contribution in [2.75, 3.05) is 69.7 Å². The summed E-state index contributed by atoms with van der Waals surface area (Å²) in [5.74, 6) is 2.05. The van der Waals surface area contributed by atoms with Crippen LogP contribution in [0.25, 0.3) is 27.8 Å². The third-order valence-electron chi connectivity index (χ3n) is 11.2. The Bertz CT molecular complexity index is 2240. The highest BCUT2D eigenvalue weighted by atomic mass is 16.5. The van der Waals surface area contributed by atoms with E-state index in [0.29, 0.717) is 49.7 Å².